The molecule has 0 spiro atoms. The summed E-state index contributed by atoms with van der Waals surface area (Å²) in [6.45, 7) is 7.03. The molecule has 0 heterocycles. The van der Waals surface area contributed by atoms with Crippen LogP contribution in [-0.4, -0.2) is 107 Å². The highest BCUT2D eigenvalue weighted by atomic mass is 32.1. The SMILES string of the molecule is CC(C)C[C@H](NC(=O)C(C)(C)NC(=O)[C@H](CCCNC(=N)N)NC(=O)[C@H](CCCCN)NC(=O)[C@@H](N)CS)C(=O)N[C@@H](CS)C(=O)O. The van der Waals surface area contributed by atoms with Gasteiger partial charge in [0.2, 0.25) is 29.5 Å². The Hall–Kier alpha value is -3.29. The van der Waals surface area contributed by atoms with Gasteiger partial charge >= 0.3 is 5.97 Å². The number of amides is 5. The van der Waals surface area contributed by atoms with E-state index in [2.05, 4.69) is 57.2 Å². The molecule has 0 rings (SSSR count). The number of carboxylic acids is 1. The second-order valence-electron chi connectivity index (χ2n) is 12.0. The van der Waals surface area contributed by atoms with Crippen molar-refractivity contribution in [1.29, 1.82) is 5.41 Å². The molecule has 17 nitrogen and oxygen atoms in total. The van der Waals surface area contributed by atoms with Crippen LogP contribution in [0.1, 0.15) is 66.2 Å². The number of carboxylic acid groups (broad SMARTS) is 1. The Balaban J connectivity index is 6.00. The molecule has 0 aromatic heterocycles. The third kappa shape index (κ3) is 17.4. The predicted octanol–water partition coefficient (Wildman–Crippen LogP) is -2.47. The van der Waals surface area contributed by atoms with Gasteiger partial charge in [0.05, 0.1) is 6.04 Å². The maximum atomic E-state index is 13.6. The molecule has 0 aliphatic carbocycles. The first-order chi connectivity index (χ1) is 21.9. The fourth-order valence-corrected chi connectivity index (χ4v) is 4.56. The average molecular weight is 707 g/mol. The van der Waals surface area contributed by atoms with Crippen LogP contribution in [0.4, 0.5) is 0 Å². The first-order valence-corrected chi connectivity index (χ1v) is 16.7. The van der Waals surface area contributed by atoms with E-state index in [4.69, 9.17) is 22.6 Å². The monoisotopic (exact) mass is 706 g/mol. The van der Waals surface area contributed by atoms with E-state index >= 15 is 0 Å². The van der Waals surface area contributed by atoms with Gasteiger partial charge < -0.3 is 54.2 Å². The molecule has 47 heavy (non-hydrogen) atoms. The van der Waals surface area contributed by atoms with Gasteiger partial charge in [-0.15, -0.1) is 0 Å². The molecule has 0 aromatic rings. The average Bonchev–Trinajstić information content (AvgIpc) is 2.98. The number of rotatable bonds is 23. The summed E-state index contributed by atoms with van der Waals surface area (Å²) in [4.78, 5) is 77.1. The van der Waals surface area contributed by atoms with Crippen molar-refractivity contribution < 1.29 is 33.9 Å². The quantitative estimate of drug-likeness (QED) is 0.0229. The summed E-state index contributed by atoms with van der Waals surface area (Å²) in [5, 5.41) is 32.1. The van der Waals surface area contributed by atoms with Gasteiger partial charge in [-0.3, -0.25) is 29.4 Å². The number of unbranched alkanes of at least 4 members (excludes halogenated alkanes) is 1. The third-order valence-corrected chi connectivity index (χ3v) is 7.62. The minimum atomic E-state index is -1.60. The van der Waals surface area contributed by atoms with Crippen molar-refractivity contribution in [3.8, 4) is 0 Å². The first-order valence-electron chi connectivity index (χ1n) is 15.4. The second-order valence-corrected chi connectivity index (χ2v) is 12.8. The van der Waals surface area contributed by atoms with Crippen molar-refractivity contribution in [3.05, 3.63) is 0 Å². The summed E-state index contributed by atoms with van der Waals surface area (Å²) >= 11 is 7.97. The molecular formula is C28H54N10O7S2. The highest BCUT2D eigenvalue weighted by Crippen LogP contribution is 2.11. The highest BCUT2D eigenvalue weighted by Gasteiger charge is 2.36. The van der Waals surface area contributed by atoms with Gasteiger partial charge in [0.15, 0.2) is 5.96 Å². The molecule has 0 bridgehead atoms. The van der Waals surface area contributed by atoms with E-state index in [1.807, 2.05) is 13.8 Å². The maximum Gasteiger partial charge on any atom is 0.327 e. The van der Waals surface area contributed by atoms with E-state index in [0.717, 1.165) is 0 Å². The zero-order chi connectivity index (χ0) is 36.3. The lowest BCUT2D eigenvalue weighted by molar-refractivity contribution is -0.142. The Morgan fingerprint density at radius 3 is 1.83 bits per heavy atom. The summed E-state index contributed by atoms with van der Waals surface area (Å²) in [6.07, 6.45) is 1.83. The highest BCUT2D eigenvalue weighted by molar-refractivity contribution is 7.80. The first kappa shape index (κ1) is 43.7. The van der Waals surface area contributed by atoms with Gasteiger partial charge in [-0.1, -0.05) is 13.8 Å². The van der Waals surface area contributed by atoms with Crippen LogP contribution in [-0.2, 0) is 28.8 Å². The molecule has 0 aliphatic rings. The van der Waals surface area contributed by atoms with Gasteiger partial charge in [-0.05, 0) is 64.8 Å². The van der Waals surface area contributed by atoms with Crippen LogP contribution in [0.25, 0.3) is 0 Å². The summed E-state index contributed by atoms with van der Waals surface area (Å²) in [7, 11) is 0. The lowest BCUT2D eigenvalue weighted by Crippen LogP contribution is -2.63. The van der Waals surface area contributed by atoms with E-state index in [9.17, 15) is 33.9 Å². The van der Waals surface area contributed by atoms with E-state index in [0.29, 0.717) is 19.4 Å². The van der Waals surface area contributed by atoms with Crippen LogP contribution >= 0.6 is 25.3 Å². The van der Waals surface area contributed by atoms with Crippen LogP contribution in [0.3, 0.4) is 0 Å². The molecule has 0 saturated heterocycles. The molecule has 19 heteroatoms. The summed E-state index contributed by atoms with van der Waals surface area (Å²) in [6, 6.07) is -5.57. The standard InChI is InChI=1S/C28H54N10O7S2/c1-15(2)12-19(23(41)36-20(14-47)25(43)44)37-26(45)28(3,4)38-24(42)18(9-7-11-33-27(31)32)35-22(40)17(8-5-6-10-29)34-21(39)16(30)13-46/h15-20,46-47H,5-14,29-30H2,1-4H3,(H,34,39)(H,35,40)(H,36,41)(H,37,45)(H,38,42)(H,43,44)(H4,31,32,33)/t16-,17-,18-,19-,20-/m0/s1. The van der Waals surface area contributed by atoms with Gasteiger partial charge in [-0.2, -0.15) is 25.3 Å². The van der Waals surface area contributed by atoms with Crippen LogP contribution in [0.2, 0.25) is 0 Å². The number of carbonyl (C=O) groups is 6. The third-order valence-electron chi connectivity index (χ3n) is 6.86. The summed E-state index contributed by atoms with van der Waals surface area (Å²) in [5.41, 5.74) is 15.1. The lowest BCUT2D eigenvalue weighted by Gasteiger charge is -2.31. The molecule has 0 unspecified atom stereocenters. The molecule has 0 saturated carbocycles. The number of hydrogen-bond donors (Lipinski definition) is 13. The zero-order valence-corrected chi connectivity index (χ0v) is 29.3. The molecule has 0 aliphatic heterocycles. The number of thiol groups is 2. The molecule has 0 aromatic carbocycles. The topological polar surface area (TPSA) is 297 Å². The van der Waals surface area contributed by atoms with Gasteiger partial charge in [0, 0.05) is 18.1 Å². The van der Waals surface area contributed by atoms with E-state index in [1.54, 1.807) is 0 Å². The second kappa shape index (κ2) is 22.3. The van der Waals surface area contributed by atoms with Crippen LogP contribution < -0.4 is 49.1 Å². The Bertz CT molecular complexity index is 1080. The Kier molecular flexibility index (Phi) is 20.7. The maximum absolute atomic E-state index is 13.6. The fourth-order valence-electron chi connectivity index (χ4n) is 4.14. The number of aliphatic carboxylic acids is 1. The van der Waals surface area contributed by atoms with E-state index in [1.165, 1.54) is 13.8 Å². The Labute approximate surface area is 287 Å². The number of nitrogens with two attached hydrogens (primary N) is 3. The Morgan fingerprint density at radius 2 is 1.32 bits per heavy atom. The number of nitrogens with one attached hydrogen (secondary N) is 7. The lowest BCUT2D eigenvalue weighted by atomic mass is 9.98. The molecule has 14 N–H and O–H groups in total. The molecule has 0 fully saturated rings. The van der Waals surface area contributed by atoms with E-state index < -0.39 is 71.3 Å². The molecular weight excluding hydrogens is 653 g/mol. The number of guanidine groups is 1. The minimum Gasteiger partial charge on any atom is -0.480 e. The van der Waals surface area contributed by atoms with Gasteiger partial charge in [0.25, 0.3) is 0 Å². The minimum absolute atomic E-state index is 0.0450. The van der Waals surface area contributed by atoms with Crippen molar-refractivity contribution >= 4 is 66.7 Å². The van der Waals surface area contributed by atoms with Crippen LogP contribution in [0, 0.1) is 11.3 Å². The van der Waals surface area contributed by atoms with Crippen LogP contribution in [0.5, 0.6) is 0 Å². The normalized spacial score (nSPS) is 14.5. The smallest absolute Gasteiger partial charge is 0.327 e. The summed E-state index contributed by atoms with van der Waals surface area (Å²) < 4.78 is 0. The molecule has 270 valence electrons. The fraction of sp³-hybridized carbons (Fsp3) is 0.750. The number of hydrogen-bond acceptors (Lipinski definition) is 11. The largest absolute Gasteiger partial charge is 0.480 e. The van der Waals surface area contributed by atoms with Crippen molar-refractivity contribution in [1.82, 2.24) is 31.9 Å². The van der Waals surface area contributed by atoms with Crippen molar-refractivity contribution in [2.75, 3.05) is 24.6 Å². The van der Waals surface area contributed by atoms with Crippen molar-refractivity contribution in [2.24, 2.45) is 23.1 Å². The molecule has 5 amide bonds. The van der Waals surface area contributed by atoms with Crippen molar-refractivity contribution in [3.63, 3.8) is 0 Å². The van der Waals surface area contributed by atoms with Gasteiger partial charge in [-0.25, -0.2) is 4.79 Å². The zero-order valence-electron chi connectivity index (χ0n) is 27.6. The molecule has 5 atom stereocenters. The number of carbonyl (C=O) groups excluding carboxylic acids is 5. The summed E-state index contributed by atoms with van der Waals surface area (Å²) in [5.74, 6) is -5.19. The van der Waals surface area contributed by atoms with E-state index in [-0.39, 0.29) is 55.6 Å². The molecule has 0 radical (unpaired) electrons. The predicted molar refractivity (Wildman–Crippen MR) is 185 cm³/mol. The van der Waals surface area contributed by atoms with Crippen LogP contribution in [0.15, 0.2) is 0 Å². The van der Waals surface area contributed by atoms with Gasteiger partial charge in [0.1, 0.15) is 29.7 Å². The Morgan fingerprint density at radius 1 is 0.787 bits per heavy atom. The van der Waals surface area contributed by atoms with Crippen molar-refractivity contribution in [2.45, 2.75) is 102 Å².